The first-order valence-corrected chi connectivity index (χ1v) is 9.80. The van der Waals surface area contributed by atoms with Gasteiger partial charge in [0.2, 0.25) is 0 Å². The van der Waals surface area contributed by atoms with Gasteiger partial charge in [0.25, 0.3) is 5.56 Å². The third-order valence-corrected chi connectivity index (χ3v) is 5.37. The second-order valence-electron chi connectivity index (χ2n) is 7.70. The van der Waals surface area contributed by atoms with E-state index in [9.17, 15) is 14.7 Å². The number of hydrogen-bond acceptors (Lipinski definition) is 4. The van der Waals surface area contributed by atoms with E-state index in [-0.39, 0.29) is 18.1 Å². The Hall–Kier alpha value is -2.58. The van der Waals surface area contributed by atoms with Gasteiger partial charge in [-0.15, -0.1) is 6.58 Å². The first-order chi connectivity index (χ1) is 13.3. The zero-order chi connectivity index (χ0) is 20.5. The molecule has 1 atom stereocenters. The molecule has 0 radical (unpaired) electrons. The number of fused-ring (bicyclic) bond motifs is 1. The van der Waals surface area contributed by atoms with Gasteiger partial charge < -0.3 is 14.4 Å². The summed E-state index contributed by atoms with van der Waals surface area (Å²) >= 11 is 0. The molecule has 1 aromatic heterocycles. The molecule has 1 N–H and O–H groups in total. The van der Waals surface area contributed by atoms with Crippen LogP contribution in [0.5, 0.6) is 0 Å². The van der Waals surface area contributed by atoms with Crippen LogP contribution in [0.2, 0.25) is 0 Å². The molecule has 2 aliphatic rings. The molecule has 5 heteroatoms. The maximum absolute atomic E-state index is 13.0. The third-order valence-electron chi connectivity index (χ3n) is 5.37. The fourth-order valence-corrected chi connectivity index (χ4v) is 3.65. The normalized spacial score (nSPS) is 17.4. The number of aryl methyl sites for hydroxylation is 1. The Labute approximate surface area is 165 Å². The lowest BCUT2D eigenvalue weighted by atomic mass is 9.97. The summed E-state index contributed by atoms with van der Waals surface area (Å²) in [6, 6.07) is 0. The summed E-state index contributed by atoms with van der Waals surface area (Å²) in [6.45, 7) is 9.80. The number of carbonyl (C=O) groups excluding carboxylic acids is 1. The van der Waals surface area contributed by atoms with Gasteiger partial charge in [0.05, 0.1) is 12.2 Å². The maximum Gasteiger partial charge on any atom is 0.338 e. The Balaban J connectivity index is 2.15. The second kappa shape index (κ2) is 7.81. The summed E-state index contributed by atoms with van der Waals surface area (Å²) in [7, 11) is 0. The molecule has 5 nitrogen and oxygen atoms in total. The Morgan fingerprint density at radius 2 is 2.21 bits per heavy atom. The molecule has 2 aliphatic carbocycles. The molecule has 0 aromatic carbocycles. The molecule has 1 aromatic rings. The average molecular weight is 381 g/mol. The molecule has 0 bridgehead atoms. The topological polar surface area (TPSA) is 68.5 Å². The maximum atomic E-state index is 13.0. The number of rotatable bonds is 6. The molecule has 3 rings (SSSR count). The fourth-order valence-electron chi connectivity index (χ4n) is 3.65. The first-order valence-electron chi connectivity index (χ1n) is 9.80. The van der Waals surface area contributed by atoms with E-state index in [0.717, 1.165) is 18.4 Å². The van der Waals surface area contributed by atoms with Gasteiger partial charge in [-0.25, -0.2) is 4.79 Å². The van der Waals surface area contributed by atoms with E-state index >= 15 is 0 Å². The van der Waals surface area contributed by atoms with Crippen molar-refractivity contribution in [3.8, 4) is 11.8 Å². The molecule has 148 valence electrons. The molecule has 0 spiro atoms. The van der Waals surface area contributed by atoms with Gasteiger partial charge in [0.1, 0.15) is 5.60 Å². The summed E-state index contributed by atoms with van der Waals surface area (Å²) in [6.07, 6.45) is 6.44. The highest BCUT2D eigenvalue weighted by molar-refractivity contribution is 6.19. The number of carbonyl (C=O) groups is 1. The van der Waals surface area contributed by atoms with Crippen LogP contribution in [-0.2, 0) is 22.5 Å². The van der Waals surface area contributed by atoms with Crippen LogP contribution in [0.15, 0.2) is 29.2 Å². The molecular weight excluding hydrogens is 354 g/mol. The lowest BCUT2D eigenvalue weighted by Crippen LogP contribution is -2.26. The number of pyridine rings is 1. The van der Waals surface area contributed by atoms with Crippen LogP contribution in [0.1, 0.15) is 56.7 Å². The first kappa shape index (κ1) is 20.2. The van der Waals surface area contributed by atoms with E-state index in [1.54, 1.807) is 30.7 Å². The lowest BCUT2D eigenvalue weighted by Gasteiger charge is -2.15. The van der Waals surface area contributed by atoms with E-state index in [4.69, 9.17) is 4.74 Å². The van der Waals surface area contributed by atoms with Gasteiger partial charge in [0.15, 0.2) is 0 Å². The minimum atomic E-state index is -1.07. The van der Waals surface area contributed by atoms with Crippen LogP contribution in [0, 0.1) is 17.8 Å². The average Bonchev–Trinajstić information content (AvgIpc) is 3.44. The van der Waals surface area contributed by atoms with E-state index in [1.165, 1.54) is 0 Å². The van der Waals surface area contributed by atoms with Crippen molar-refractivity contribution in [3.63, 3.8) is 0 Å². The summed E-state index contributed by atoms with van der Waals surface area (Å²) in [4.78, 5) is 25.5. The lowest BCUT2D eigenvalue weighted by molar-refractivity contribution is -0.136. The van der Waals surface area contributed by atoms with Crippen LogP contribution < -0.4 is 5.56 Å². The van der Waals surface area contributed by atoms with E-state index in [0.29, 0.717) is 41.6 Å². The molecule has 1 heterocycles. The quantitative estimate of drug-likeness (QED) is 0.467. The van der Waals surface area contributed by atoms with Crippen molar-refractivity contribution in [2.75, 3.05) is 6.61 Å². The Morgan fingerprint density at radius 1 is 1.50 bits per heavy atom. The monoisotopic (exact) mass is 381 g/mol. The summed E-state index contributed by atoms with van der Waals surface area (Å²) < 4.78 is 6.84. The number of aromatic nitrogens is 1. The zero-order valence-corrected chi connectivity index (χ0v) is 16.8. The van der Waals surface area contributed by atoms with Crippen LogP contribution in [0.25, 0.3) is 5.57 Å². The molecular formula is C23H27NO4. The van der Waals surface area contributed by atoms with E-state index in [1.807, 2.05) is 6.92 Å². The molecule has 1 unspecified atom stereocenters. The second-order valence-corrected chi connectivity index (χ2v) is 7.70. The standard InChI is InChI=1S/C23H27NO4/c1-5-7-12-24-14-16(10-11-23(4,27)17-8-9-17)20-18(21(24)25)13-15(3)19(20)22(26)28-6-2/h5,14,17,27H,1,6-9,12-13H2,2-4H3. The highest BCUT2D eigenvalue weighted by Gasteiger charge is 2.39. The van der Waals surface area contributed by atoms with Crippen LogP contribution in [0.4, 0.5) is 0 Å². The SMILES string of the molecule is C=CCCn1cc(C#CC(C)(O)C2CC2)c2c(c1=O)CC(C)=C2C(=O)OCC. The summed E-state index contributed by atoms with van der Waals surface area (Å²) in [5.41, 5.74) is 1.77. The van der Waals surface area contributed by atoms with Gasteiger partial charge in [-0.05, 0) is 46.0 Å². The minimum absolute atomic E-state index is 0.116. The summed E-state index contributed by atoms with van der Waals surface area (Å²) in [5.74, 6) is 5.79. The number of nitrogens with zero attached hydrogens (tertiary/aromatic N) is 1. The van der Waals surface area contributed by atoms with Crippen molar-refractivity contribution in [1.82, 2.24) is 4.57 Å². The number of esters is 1. The van der Waals surface area contributed by atoms with Gasteiger partial charge in [-0.2, -0.15) is 0 Å². The van der Waals surface area contributed by atoms with E-state index in [2.05, 4.69) is 18.4 Å². The van der Waals surface area contributed by atoms with Gasteiger partial charge in [-0.1, -0.05) is 23.5 Å². The van der Waals surface area contributed by atoms with Crippen molar-refractivity contribution in [2.24, 2.45) is 5.92 Å². The predicted molar refractivity (Wildman–Crippen MR) is 109 cm³/mol. The van der Waals surface area contributed by atoms with Crippen molar-refractivity contribution in [1.29, 1.82) is 0 Å². The molecule has 0 saturated heterocycles. The molecule has 0 amide bonds. The number of ether oxygens (including phenoxy) is 1. The Morgan fingerprint density at radius 3 is 2.82 bits per heavy atom. The van der Waals surface area contributed by atoms with Crippen LogP contribution in [-0.4, -0.2) is 27.9 Å². The fraction of sp³-hybridized carbons (Fsp3) is 0.478. The van der Waals surface area contributed by atoms with Gasteiger partial charge >= 0.3 is 5.97 Å². The van der Waals surface area contributed by atoms with Gasteiger partial charge in [-0.3, -0.25) is 4.79 Å². The van der Waals surface area contributed by atoms with Crippen LogP contribution >= 0.6 is 0 Å². The molecule has 1 saturated carbocycles. The molecule has 1 fully saturated rings. The Bertz CT molecular complexity index is 965. The highest BCUT2D eigenvalue weighted by atomic mass is 16.5. The highest BCUT2D eigenvalue weighted by Crippen LogP contribution is 2.39. The van der Waals surface area contributed by atoms with Crippen molar-refractivity contribution >= 4 is 11.5 Å². The molecule has 0 aliphatic heterocycles. The van der Waals surface area contributed by atoms with Crippen molar-refractivity contribution in [3.05, 3.63) is 51.5 Å². The summed E-state index contributed by atoms with van der Waals surface area (Å²) in [5, 5.41) is 10.6. The third kappa shape index (κ3) is 3.83. The number of allylic oxidation sites excluding steroid dienone is 2. The number of hydrogen-bond donors (Lipinski definition) is 1. The smallest absolute Gasteiger partial charge is 0.338 e. The van der Waals surface area contributed by atoms with Gasteiger partial charge in [0, 0.05) is 35.9 Å². The van der Waals surface area contributed by atoms with Crippen LogP contribution in [0.3, 0.4) is 0 Å². The predicted octanol–water partition coefficient (Wildman–Crippen LogP) is 2.83. The number of aliphatic hydroxyl groups is 1. The largest absolute Gasteiger partial charge is 0.462 e. The van der Waals surface area contributed by atoms with Crippen molar-refractivity contribution in [2.45, 2.75) is 58.6 Å². The Kier molecular flexibility index (Phi) is 5.62. The van der Waals surface area contributed by atoms with Crippen molar-refractivity contribution < 1.29 is 14.6 Å². The zero-order valence-electron chi connectivity index (χ0n) is 16.8. The van der Waals surface area contributed by atoms with E-state index < -0.39 is 11.6 Å². The molecule has 28 heavy (non-hydrogen) atoms. The minimum Gasteiger partial charge on any atom is -0.462 e.